The highest BCUT2D eigenvalue weighted by Crippen LogP contribution is 2.29. The van der Waals surface area contributed by atoms with E-state index in [0.717, 1.165) is 11.3 Å². The molecule has 4 nitrogen and oxygen atoms in total. The lowest BCUT2D eigenvalue weighted by molar-refractivity contribution is -0.122. The first-order valence-corrected chi connectivity index (χ1v) is 8.74. The average molecular weight is 377 g/mol. The quantitative estimate of drug-likeness (QED) is 0.850. The summed E-state index contributed by atoms with van der Waals surface area (Å²) in [5, 5.41) is 3.66. The third kappa shape index (κ3) is 3.80. The van der Waals surface area contributed by atoms with Crippen molar-refractivity contribution in [2.45, 2.75) is 20.3 Å². The van der Waals surface area contributed by atoms with Crippen LogP contribution in [0, 0.1) is 19.8 Å². The molecule has 0 saturated carbocycles. The molecule has 6 heteroatoms. The first-order valence-electron chi connectivity index (χ1n) is 7.98. The molecule has 1 heterocycles. The molecule has 2 amide bonds. The first-order chi connectivity index (χ1) is 11.8. The highest BCUT2D eigenvalue weighted by molar-refractivity contribution is 6.36. The zero-order valence-electron chi connectivity index (χ0n) is 14.0. The van der Waals surface area contributed by atoms with Crippen molar-refractivity contribution >= 4 is 46.4 Å². The van der Waals surface area contributed by atoms with Gasteiger partial charge < -0.3 is 10.2 Å². The summed E-state index contributed by atoms with van der Waals surface area (Å²) in [6.45, 7) is 4.39. The summed E-state index contributed by atoms with van der Waals surface area (Å²) in [5.74, 6) is -0.685. The normalized spacial score (nSPS) is 17.0. The van der Waals surface area contributed by atoms with Gasteiger partial charge >= 0.3 is 0 Å². The van der Waals surface area contributed by atoms with Crippen LogP contribution in [-0.2, 0) is 9.59 Å². The fourth-order valence-electron chi connectivity index (χ4n) is 2.85. The third-order valence-corrected chi connectivity index (χ3v) is 5.03. The van der Waals surface area contributed by atoms with E-state index in [0.29, 0.717) is 22.3 Å². The summed E-state index contributed by atoms with van der Waals surface area (Å²) in [6, 6.07) is 10.8. The van der Waals surface area contributed by atoms with Crippen molar-refractivity contribution in [1.82, 2.24) is 0 Å². The van der Waals surface area contributed by atoms with Crippen molar-refractivity contribution in [2.75, 3.05) is 16.8 Å². The molecule has 2 aromatic carbocycles. The summed E-state index contributed by atoms with van der Waals surface area (Å²) in [5.41, 5.74) is 3.61. The maximum atomic E-state index is 12.5. The molecule has 1 aliphatic rings. The number of nitrogens with zero attached hydrogens (tertiary/aromatic N) is 1. The van der Waals surface area contributed by atoms with Gasteiger partial charge in [-0.05, 0) is 55.3 Å². The van der Waals surface area contributed by atoms with Gasteiger partial charge in [-0.1, -0.05) is 29.3 Å². The Hall–Kier alpha value is -2.04. The molecule has 0 aromatic heterocycles. The molecule has 1 unspecified atom stereocenters. The molecule has 0 bridgehead atoms. The first kappa shape index (κ1) is 17.8. The van der Waals surface area contributed by atoms with Crippen molar-refractivity contribution in [3.05, 3.63) is 57.6 Å². The number of nitrogens with one attached hydrogen (secondary N) is 1. The van der Waals surface area contributed by atoms with E-state index in [1.807, 2.05) is 32.0 Å². The minimum absolute atomic E-state index is 0.0504. The van der Waals surface area contributed by atoms with Gasteiger partial charge in [0.2, 0.25) is 11.8 Å². The summed E-state index contributed by atoms with van der Waals surface area (Å²) in [4.78, 5) is 26.5. The lowest BCUT2D eigenvalue weighted by atomic mass is 10.1. The Morgan fingerprint density at radius 3 is 2.56 bits per heavy atom. The fourth-order valence-corrected chi connectivity index (χ4v) is 3.31. The van der Waals surface area contributed by atoms with E-state index >= 15 is 0 Å². The van der Waals surface area contributed by atoms with Crippen molar-refractivity contribution in [1.29, 1.82) is 0 Å². The monoisotopic (exact) mass is 376 g/mol. The minimum atomic E-state index is -0.416. The molecule has 25 heavy (non-hydrogen) atoms. The number of aryl methyl sites for hydroxylation is 2. The van der Waals surface area contributed by atoms with Crippen molar-refractivity contribution in [3.63, 3.8) is 0 Å². The lowest BCUT2D eigenvalue weighted by Crippen LogP contribution is -2.28. The number of halogens is 2. The van der Waals surface area contributed by atoms with E-state index in [-0.39, 0.29) is 18.2 Å². The Morgan fingerprint density at radius 2 is 1.88 bits per heavy atom. The Labute approximate surface area is 156 Å². The van der Waals surface area contributed by atoms with Gasteiger partial charge in [0.15, 0.2) is 0 Å². The van der Waals surface area contributed by atoms with Gasteiger partial charge in [-0.2, -0.15) is 0 Å². The molecule has 3 rings (SSSR count). The highest BCUT2D eigenvalue weighted by atomic mass is 35.5. The average Bonchev–Trinajstić information content (AvgIpc) is 2.95. The third-order valence-electron chi connectivity index (χ3n) is 4.49. The van der Waals surface area contributed by atoms with Gasteiger partial charge in [-0.25, -0.2) is 0 Å². The fraction of sp³-hybridized carbons (Fsp3) is 0.263. The van der Waals surface area contributed by atoms with E-state index in [2.05, 4.69) is 5.32 Å². The second-order valence-corrected chi connectivity index (χ2v) is 7.13. The van der Waals surface area contributed by atoms with E-state index in [1.165, 1.54) is 5.56 Å². The number of anilines is 2. The Balaban J connectivity index is 1.73. The molecule has 0 radical (unpaired) electrons. The van der Waals surface area contributed by atoms with Crippen LogP contribution >= 0.6 is 23.2 Å². The van der Waals surface area contributed by atoms with Gasteiger partial charge in [0.25, 0.3) is 0 Å². The van der Waals surface area contributed by atoms with E-state index < -0.39 is 5.92 Å². The van der Waals surface area contributed by atoms with Gasteiger partial charge in [0.1, 0.15) is 0 Å². The molecule has 0 aliphatic carbocycles. The molecule has 1 N–H and O–H groups in total. The van der Waals surface area contributed by atoms with Crippen LogP contribution in [-0.4, -0.2) is 18.4 Å². The zero-order chi connectivity index (χ0) is 18.1. The maximum absolute atomic E-state index is 12.5. The largest absolute Gasteiger partial charge is 0.324 e. The molecule has 1 saturated heterocycles. The standard InChI is InChI=1S/C19H18Cl2N2O2/c1-11-3-5-15(7-12(11)2)23-10-13(8-18(23)24)19(25)22-17-6-4-14(20)9-16(17)21/h3-7,9,13H,8,10H2,1-2H3,(H,22,25). The highest BCUT2D eigenvalue weighted by Gasteiger charge is 2.35. The van der Waals surface area contributed by atoms with Crippen molar-refractivity contribution < 1.29 is 9.59 Å². The number of benzene rings is 2. The van der Waals surface area contributed by atoms with Gasteiger partial charge in [-0.15, -0.1) is 0 Å². The SMILES string of the molecule is Cc1ccc(N2CC(C(=O)Nc3ccc(Cl)cc3Cl)CC2=O)cc1C. The molecule has 0 spiro atoms. The topological polar surface area (TPSA) is 49.4 Å². The van der Waals surface area contributed by atoms with E-state index in [4.69, 9.17) is 23.2 Å². The Morgan fingerprint density at radius 1 is 1.12 bits per heavy atom. The van der Waals surface area contributed by atoms with Crippen LogP contribution in [0.15, 0.2) is 36.4 Å². The van der Waals surface area contributed by atoms with Gasteiger partial charge in [0.05, 0.1) is 16.6 Å². The Kier molecular flexibility index (Phi) is 5.02. The summed E-state index contributed by atoms with van der Waals surface area (Å²) >= 11 is 12.0. The summed E-state index contributed by atoms with van der Waals surface area (Å²) < 4.78 is 0. The second-order valence-electron chi connectivity index (χ2n) is 6.29. The molecular weight excluding hydrogens is 359 g/mol. The molecular formula is C19H18Cl2N2O2. The molecule has 1 fully saturated rings. The number of hydrogen-bond acceptors (Lipinski definition) is 2. The number of hydrogen-bond donors (Lipinski definition) is 1. The second kappa shape index (κ2) is 7.06. The van der Waals surface area contributed by atoms with E-state index in [9.17, 15) is 9.59 Å². The van der Waals surface area contributed by atoms with E-state index in [1.54, 1.807) is 23.1 Å². The number of carbonyl (C=O) groups excluding carboxylic acids is 2. The number of rotatable bonds is 3. The lowest BCUT2D eigenvalue weighted by Gasteiger charge is -2.18. The maximum Gasteiger partial charge on any atom is 0.229 e. The van der Waals surface area contributed by atoms with Gasteiger partial charge in [-0.3, -0.25) is 9.59 Å². The van der Waals surface area contributed by atoms with Crippen molar-refractivity contribution in [2.24, 2.45) is 5.92 Å². The molecule has 1 aliphatic heterocycles. The predicted molar refractivity (Wildman–Crippen MR) is 101 cm³/mol. The number of amides is 2. The summed E-state index contributed by atoms with van der Waals surface area (Å²) in [7, 11) is 0. The van der Waals surface area contributed by atoms with Crippen LogP contribution in [0.5, 0.6) is 0 Å². The van der Waals surface area contributed by atoms with Crippen LogP contribution in [0.4, 0.5) is 11.4 Å². The van der Waals surface area contributed by atoms with Crippen LogP contribution in [0.2, 0.25) is 10.0 Å². The predicted octanol–water partition coefficient (Wildman–Crippen LogP) is 4.60. The van der Waals surface area contributed by atoms with Crippen molar-refractivity contribution in [3.8, 4) is 0 Å². The Bertz CT molecular complexity index is 851. The zero-order valence-corrected chi connectivity index (χ0v) is 15.5. The minimum Gasteiger partial charge on any atom is -0.324 e. The van der Waals surface area contributed by atoms with Crippen LogP contribution in [0.3, 0.4) is 0 Å². The van der Waals surface area contributed by atoms with Crippen LogP contribution in [0.25, 0.3) is 0 Å². The van der Waals surface area contributed by atoms with Crippen LogP contribution < -0.4 is 10.2 Å². The smallest absolute Gasteiger partial charge is 0.229 e. The molecule has 130 valence electrons. The number of carbonyl (C=O) groups is 2. The van der Waals surface area contributed by atoms with Gasteiger partial charge in [0, 0.05) is 23.7 Å². The molecule has 2 aromatic rings. The molecule has 1 atom stereocenters. The van der Waals surface area contributed by atoms with Crippen LogP contribution in [0.1, 0.15) is 17.5 Å². The summed E-state index contributed by atoms with van der Waals surface area (Å²) in [6.07, 6.45) is 0.184.